The molecule has 0 atom stereocenters. The number of rotatable bonds is 5. The van der Waals surface area contributed by atoms with Crippen molar-refractivity contribution in [2.75, 3.05) is 39.4 Å². The number of nitrogens with zero attached hydrogens (tertiary/aromatic N) is 2. The molecule has 24 heavy (non-hydrogen) atoms. The first kappa shape index (κ1) is 16.8. The Bertz CT molecular complexity index is 708. The molecule has 3 rings (SSSR count). The lowest BCUT2D eigenvalue weighted by atomic mass is 10.1. The van der Waals surface area contributed by atoms with Crippen LogP contribution in [-0.4, -0.2) is 55.6 Å². The molecule has 0 radical (unpaired) electrons. The first-order chi connectivity index (χ1) is 11.8. The highest BCUT2D eigenvalue weighted by molar-refractivity contribution is 7.80. The maximum absolute atomic E-state index is 5.33. The number of hydrogen-bond donors (Lipinski definition) is 2. The molecule has 1 aliphatic rings. The zero-order valence-electron chi connectivity index (χ0n) is 13.6. The van der Waals surface area contributed by atoms with Crippen LogP contribution in [0.4, 0.5) is 0 Å². The Morgan fingerprint density at radius 2 is 1.96 bits per heavy atom. The molecule has 5 nitrogen and oxygen atoms in total. The van der Waals surface area contributed by atoms with E-state index in [4.69, 9.17) is 17.0 Å². The summed E-state index contributed by atoms with van der Waals surface area (Å²) >= 11 is 5.25. The molecule has 0 spiro atoms. The van der Waals surface area contributed by atoms with Crippen LogP contribution in [0.25, 0.3) is 10.8 Å². The number of morpholine rings is 1. The van der Waals surface area contributed by atoms with E-state index in [0.29, 0.717) is 5.11 Å². The van der Waals surface area contributed by atoms with Gasteiger partial charge in [-0.2, -0.15) is 5.10 Å². The average Bonchev–Trinajstić information content (AvgIpc) is 2.63. The molecule has 0 bridgehead atoms. The molecular weight excluding hydrogens is 320 g/mol. The van der Waals surface area contributed by atoms with Crippen molar-refractivity contribution in [1.82, 2.24) is 15.6 Å². The van der Waals surface area contributed by atoms with Crippen LogP contribution in [0.2, 0.25) is 0 Å². The Balaban J connectivity index is 1.46. The summed E-state index contributed by atoms with van der Waals surface area (Å²) in [5.74, 6) is 0. The summed E-state index contributed by atoms with van der Waals surface area (Å²) in [7, 11) is 0. The van der Waals surface area contributed by atoms with Gasteiger partial charge < -0.3 is 10.1 Å². The lowest BCUT2D eigenvalue weighted by Gasteiger charge is -2.26. The highest BCUT2D eigenvalue weighted by Gasteiger charge is 2.09. The Morgan fingerprint density at radius 1 is 1.17 bits per heavy atom. The lowest BCUT2D eigenvalue weighted by Crippen LogP contribution is -2.42. The van der Waals surface area contributed by atoms with Crippen molar-refractivity contribution in [2.24, 2.45) is 5.10 Å². The minimum atomic E-state index is 0.541. The van der Waals surface area contributed by atoms with Gasteiger partial charge in [0.1, 0.15) is 0 Å². The van der Waals surface area contributed by atoms with Gasteiger partial charge >= 0.3 is 0 Å². The topological polar surface area (TPSA) is 48.9 Å². The SMILES string of the molecule is S=C(NCCN1CCOCC1)N/N=C/c1cccc2ccccc12. The van der Waals surface area contributed by atoms with Crippen LogP contribution in [-0.2, 0) is 4.74 Å². The van der Waals surface area contributed by atoms with Crippen LogP contribution in [0.15, 0.2) is 47.6 Å². The number of ether oxygens (including phenoxy) is 1. The first-order valence-electron chi connectivity index (χ1n) is 8.18. The summed E-state index contributed by atoms with van der Waals surface area (Å²) in [4.78, 5) is 2.36. The van der Waals surface area contributed by atoms with Gasteiger partial charge in [-0.25, -0.2) is 0 Å². The molecule has 0 aromatic heterocycles. The van der Waals surface area contributed by atoms with E-state index in [9.17, 15) is 0 Å². The molecule has 0 amide bonds. The third-order valence-corrected chi connectivity index (χ3v) is 4.25. The molecule has 0 saturated carbocycles. The Kier molecular flexibility index (Phi) is 6.12. The third kappa shape index (κ3) is 4.74. The average molecular weight is 342 g/mol. The van der Waals surface area contributed by atoms with Crippen LogP contribution in [0.3, 0.4) is 0 Å². The molecule has 2 aromatic rings. The molecule has 0 unspecified atom stereocenters. The zero-order valence-corrected chi connectivity index (χ0v) is 14.4. The van der Waals surface area contributed by atoms with Crippen LogP contribution >= 0.6 is 12.2 Å². The standard InChI is InChI=1S/C18H22N4OS/c24-18(19-8-9-22-10-12-23-13-11-22)21-20-14-16-6-3-5-15-4-1-2-7-17(15)16/h1-7,14H,8-13H2,(H2,19,21,24)/b20-14+. The van der Waals surface area contributed by atoms with E-state index >= 15 is 0 Å². The Morgan fingerprint density at radius 3 is 2.83 bits per heavy atom. The van der Waals surface area contributed by atoms with Gasteiger partial charge in [0.15, 0.2) is 5.11 Å². The number of hydrogen-bond acceptors (Lipinski definition) is 4. The van der Waals surface area contributed by atoms with Crippen molar-refractivity contribution in [3.63, 3.8) is 0 Å². The summed E-state index contributed by atoms with van der Waals surface area (Å²) in [6.07, 6.45) is 1.80. The fourth-order valence-electron chi connectivity index (χ4n) is 2.72. The van der Waals surface area contributed by atoms with Gasteiger partial charge in [-0.3, -0.25) is 10.3 Å². The summed E-state index contributed by atoms with van der Waals surface area (Å²) < 4.78 is 5.33. The Hall–Kier alpha value is -2.02. The predicted molar refractivity (Wildman–Crippen MR) is 103 cm³/mol. The normalized spacial score (nSPS) is 15.7. The van der Waals surface area contributed by atoms with E-state index in [2.05, 4.69) is 38.9 Å². The van der Waals surface area contributed by atoms with Crippen molar-refractivity contribution >= 4 is 34.3 Å². The van der Waals surface area contributed by atoms with Crippen LogP contribution in [0.1, 0.15) is 5.56 Å². The molecule has 1 heterocycles. The monoisotopic (exact) mass is 342 g/mol. The van der Waals surface area contributed by atoms with Crippen molar-refractivity contribution in [3.05, 3.63) is 48.0 Å². The minimum absolute atomic E-state index is 0.541. The molecule has 2 N–H and O–H groups in total. The van der Waals surface area contributed by atoms with E-state index in [-0.39, 0.29) is 0 Å². The van der Waals surface area contributed by atoms with Crippen LogP contribution in [0.5, 0.6) is 0 Å². The van der Waals surface area contributed by atoms with E-state index in [1.807, 2.05) is 24.3 Å². The Labute approximate surface area is 147 Å². The van der Waals surface area contributed by atoms with Crippen molar-refractivity contribution in [2.45, 2.75) is 0 Å². The number of nitrogens with one attached hydrogen (secondary N) is 2. The maximum atomic E-state index is 5.33. The summed E-state index contributed by atoms with van der Waals surface area (Å²) in [5, 5.41) is 10.3. The van der Waals surface area contributed by atoms with Gasteiger partial charge in [0, 0.05) is 31.7 Å². The third-order valence-electron chi connectivity index (χ3n) is 4.01. The fourth-order valence-corrected chi connectivity index (χ4v) is 2.87. The highest BCUT2D eigenvalue weighted by atomic mass is 32.1. The number of benzene rings is 2. The molecule has 1 fully saturated rings. The van der Waals surface area contributed by atoms with Gasteiger partial charge in [-0.15, -0.1) is 0 Å². The minimum Gasteiger partial charge on any atom is -0.379 e. The molecule has 1 aliphatic heterocycles. The second-order valence-corrected chi connectivity index (χ2v) is 6.06. The van der Waals surface area contributed by atoms with Crippen LogP contribution < -0.4 is 10.7 Å². The lowest BCUT2D eigenvalue weighted by molar-refractivity contribution is 0.0389. The second kappa shape index (κ2) is 8.73. The van der Waals surface area contributed by atoms with Crippen LogP contribution in [0, 0.1) is 0 Å². The first-order valence-corrected chi connectivity index (χ1v) is 8.58. The fraction of sp³-hybridized carbons (Fsp3) is 0.333. The largest absolute Gasteiger partial charge is 0.379 e. The molecule has 0 aliphatic carbocycles. The summed E-state index contributed by atoms with van der Waals surface area (Å²) in [5.41, 5.74) is 3.95. The number of fused-ring (bicyclic) bond motifs is 1. The van der Waals surface area contributed by atoms with E-state index in [1.54, 1.807) is 6.21 Å². The number of hydrazone groups is 1. The molecule has 2 aromatic carbocycles. The van der Waals surface area contributed by atoms with Gasteiger partial charge in [0.25, 0.3) is 0 Å². The van der Waals surface area contributed by atoms with Crippen molar-refractivity contribution in [1.29, 1.82) is 0 Å². The molecule has 126 valence electrons. The van der Waals surface area contributed by atoms with Gasteiger partial charge in [0.2, 0.25) is 0 Å². The quantitative estimate of drug-likeness (QED) is 0.494. The van der Waals surface area contributed by atoms with E-state index in [1.165, 1.54) is 10.8 Å². The maximum Gasteiger partial charge on any atom is 0.187 e. The number of thiocarbonyl (C=S) groups is 1. The highest BCUT2D eigenvalue weighted by Crippen LogP contribution is 2.16. The predicted octanol–water partition coefficient (Wildman–Crippen LogP) is 1.97. The van der Waals surface area contributed by atoms with E-state index in [0.717, 1.165) is 45.0 Å². The second-order valence-electron chi connectivity index (χ2n) is 5.65. The van der Waals surface area contributed by atoms with E-state index < -0.39 is 0 Å². The molecular formula is C18H22N4OS. The van der Waals surface area contributed by atoms with Crippen molar-refractivity contribution < 1.29 is 4.74 Å². The zero-order chi connectivity index (χ0) is 16.6. The smallest absolute Gasteiger partial charge is 0.187 e. The van der Waals surface area contributed by atoms with Gasteiger partial charge in [0.05, 0.1) is 19.4 Å². The summed E-state index contributed by atoms with van der Waals surface area (Å²) in [6, 6.07) is 14.4. The molecule has 1 saturated heterocycles. The summed E-state index contributed by atoms with van der Waals surface area (Å²) in [6.45, 7) is 5.37. The van der Waals surface area contributed by atoms with Gasteiger partial charge in [-0.1, -0.05) is 42.5 Å². The van der Waals surface area contributed by atoms with Crippen molar-refractivity contribution in [3.8, 4) is 0 Å². The molecule has 6 heteroatoms. The van der Waals surface area contributed by atoms with Gasteiger partial charge in [-0.05, 0) is 23.0 Å².